The van der Waals surface area contributed by atoms with Crippen molar-refractivity contribution in [3.05, 3.63) is 41.2 Å². The van der Waals surface area contributed by atoms with E-state index in [1.54, 1.807) is 30.2 Å². The van der Waals surface area contributed by atoms with Crippen LogP contribution in [-0.4, -0.2) is 42.6 Å². The molecular weight excluding hydrogens is 276 g/mol. The number of aryl methyl sites for hydroxylation is 1. The highest BCUT2D eigenvalue weighted by Gasteiger charge is 2.16. The van der Waals surface area contributed by atoms with Gasteiger partial charge in [-0.05, 0) is 18.6 Å². The lowest BCUT2D eigenvalue weighted by Crippen LogP contribution is -2.34. The monoisotopic (exact) mass is 296 g/mol. The highest BCUT2D eigenvalue weighted by molar-refractivity contribution is 6.29. The molecule has 5 heteroatoms. The number of aromatic nitrogens is 1. The molecule has 1 aromatic heterocycles. The first-order valence-corrected chi connectivity index (χ1v) is 7.05. The Morgan fingerprint density at radius 1 is 1.55 bits per heavy atom. The second-order valence-electron chi connectivity index (χ2n) is 4.45. The minimum absolute atomic E-state index is 0.0800. The van der Waals surface area contributed by atoms with Gasteiger partial charge in [-0.1, -0.05) is 31.0 Å². The van der Waals surface area contributed by atoms with Crippen molar-refractivity contribution in [2.75, 3.05) is 26.8 Å². The molecule has 0 aliphatic rings. The minimum atomic E-state index is -0.0800. The van der Waals surface area contributed by atoms with Gasteiger partial charge in [0.1, 0.15) is 5.15 Å². The number of pyridine rings is 1. The summed E-state index contributed by atoms with van der Waals surface area (Å²) in [7, 11) is 1.61. The number of halogens is 1. The fraction of sp³-hybridized carbons (Fsp3) is 0.467. The van der Waals surface area contributed by atoms with Crippen molar-refractivity contribution in [1.82, 2.24) is 9.88 Å². The largest absolute Gasteiger partial charge is 0.383 e. The van der Waals surface area contributed by atoms with Crippen molar-refractivity contribution in [2.45, 2.75) is 19.8 Å². The molecule has 110 valence electrons. The quantitative estimate of drug-likeness (QED) is 0.547. The molecule has 0 fully saturated rings. The molecule has 0 spiro atoms. The van der Waals surface area contributed by atoms with Crippen LogP contribution in [0.1, 0.15) is 29.4 Å². The molecule has 0 N–H and O–H groups in total. The molecule has 0 aromatic carbocycles. The normalized spacial score (nSPS) is 10.3. The number of nitrogens with zero attached hydrogens (tertiary/aromatic N) is 2. The van der Waals surface area contributed by atoms with Crippen LogP contribution < -0.4 is 0 Å². The van der Waals surface area contributed by atoms with Gasteiger partial charge in [0.05, 0.1) is 6.61 Å². The highest BCUT2D eigenvalue weighted by atomic mass is 35.5. The number of methoxy groups -OCH3 is 1. The van der Waals surface area contributed by atoms with E-state index >= 15 is 0 Å². The number of ether oxygens (including phenoxy) is 1. The van der Waals surface area contributed by atoms with Gasteiger partial charge in [-0.15, -0.1) is 6.58 Å². The molecule has 0 atom stereocenters. The van der Waals surface area contributed by atoms with E-state index in [4.69, 9.17) is 16.3 Å². The van der Waals surface area contributed by atoms with E-state index in [1.807, 2.05) is 0 Å². The van der Waals surface area contributed by atoms with Crippen LogP contribution in [0, 0.1) is 0 Å². The van der Waals surface area contributed by atoms with E-state index in [1.165, 1.54) is 0 Å². The lowest BCUT2D eigenvalue weighted by atomic mass is 10.1. The predicted octanol–water partition coefficient (Wildman–Crippen LogP) is 2.96. The molecule has 0 aliphatic heterocycles. The van der Waals surface area contributed by atoms with Gasteiger partial charge in [0.15, 0.2) is 0 Å². The van der Waals surface area contributed by atoms with Gasteiger partial charge in [0.25, 0.3) is 5.91 Å². The summed E-state index contributed by atoms with van der Waals surface area (Å²) in [6.45, 7) is 7.22. The first-order chi connectivity index (χ1) is 9.62. The summed E-state index contributed by atoms with van der Waals surface area (Å²) in [4.78, 5) is 18.4. The third-order valence-electron chi connectivity index (χ3n) is 2.80. The first kappa shape index (κ1) is 16.7. The Kier molecular flexibility index (Phi) is 7.26. The number of hydrogen-bond donors (Lipinski definition) is 0. The Labute approximate surface area is 125 Å². The number of carbonyl (C=O) groups is 1. The van der Waals surface area contributed by atoms with Crippen LogP contribution in [0.5, 0.6) is 0 Å². The van der Waals surface area contributed by atoms with Gasteiger partial charge in [-0.2, -0.15) is 0 Å². The number of amides is 1. The maximum absolute atomic E-state index is 12.5. The zero-order valence-corrected chi connectivity index (χ0v) is 12.8. The van der Waals surface area contributed by atoms with E-state index in [-0.39, 0.29) is 5.91 Å². The van der Waals surface area contributed by atoms with Crippen LogP contribution in [0.2, 0.25) is 5.15 Å². The highest BCUT2D eigenvalue weighted by Crippen LogP contribution is 2.14. The minimum Gasteiger partial charge on any atom is -0.383 e. The zero-order chi connectivity index (χ0) is 15.0. The second-order valence-corrected chi connectivity index (χ2v) is 4.84. The zero-order valence-electron chi connectivity index (χ0n) is 12.1. The third kappa shape index (κ3) is 4.94. The molecule has 0 aliphatic carbocycles. The van der Waals surface area contributed by atoms with Gasteiger partial charge >= 0.3 is 0 Å². The maximum Gasteiger partial charge on any atom is 0.254 e. The molecule has 0 saturated heterocycles. The van der Waals surface area contributed by atoms with E-state index in [0.29, 0.717) is 30.4 Å². The van der Waals surface area contributed by atoms with Crippen molar-refractivity contribution >= 4 is 17.5 Å². The molecule has 0 unspecified atom stereocenters. The summed E-state index contributed by atoms with van der Waals surface area (Å²) in [5.41, 5.74) is 1.40. The molecule has 1 aromatic rings. The van der Waals surface area contributed by atoms with Gasteiger partial charge in [-0.25, -0.2) is 4.98 Å². The van der Waals surface area contributed by atoms with E-state index in [0.717, 1.165) is 18.5 Å². The number of hydrogen-bond acceptors (Lipinski definition) is 3. The van der Waals surface area contributed by atoms with Crippen LogP contribution in [-0.2, 0) is 11.2 Å². The second kappa shape index (κ2) is 8.72. The van der Waals surface area contributed by atoms with Crippen LogP contribution in [0.15, 0.2) is 24.8 Å². The van der Waals surface area contributed by atoms with Gasteiger partial charge in [0, 0.05) is 31.5 Å². The molecule has 0 radical (unpaired) electrons. The van der Waals surface area contributed by atoms with Gasteiger partial charge in [0.2, 0.25) is 0 Å². The van der Waals surface area contributed by atoms with E-state index in [9.17, 15) is 4.79 Å². The Morgan fingerprint density at radius 2 is 2.30 bits per heavy atom. The summed E-state index contributed by atoms with van der Waals surface area (Å²) in [6.07, 6.45) is 3.46. The Bertz CT molecular complexity index is 463. The Hall–Kier alpha value is -1.39. The van der Waals surface area contributed by atoms with E-state index < -0.39 is 0 Å². The van der Waals surface area contributed by atoms with E-state index in [2.05, 4.69) is 18.5 Å². The van der Waals surface area contributed by atoms with Gasteiger partial charge in [-0.3, -0.25) is 4.79 Å². The summed E-state index contributed by atoms with van der Waals surface area (Å²) in [5, 5.41) is 0.351. The molecule has 1 rings (SSSR count). The molecule has 0 saturated carbocycles. The van der Waals surface area contributed by atoms with Crippen LogP contribution in [0.3, 0.4) is 0 Å². The van der Waals surface area contributed by atoms with Crippen molar-refractivity contribution in [3.63, 3.8) is 0 Å². The summed E-state index contributed by atoms with van der Waals surface area (Å²) < 4.78 is 5.02. The molecule has 20 heavy (non-hydrogen) atoms. The van der Waals surface area contributed by atoms with Crippen molar-refractivity contribution in [3.8, 4) is 0 Å². The first-order valence-electron chi connectivity index (χ1n) is 6.68. The van der Waals surface area contributed by atoms with Crippen molar-refractivity contribution < 1.29 is 9.53 Å². The lowest BCUT2D eigenvalue weighted by molar-refractivity contribution is 0.0718. The standard InChI is InChI=1S/C15H21ClN2O2/c1-4-6-13-10-12(11-14(16)17-13)15(19)18(7-5-2)8-9-20-3/h5,10-11H,2,4,6-9H2,1,3H3. The topological polar surface area (TPSA) is 42.4 Å². The van der Waals surface area contributed by atoms with Crippen molar-refractivity contribution in [1.29, 1.82) is 0 Å². The molecule has 1 heterocycles. The molecular formula is C15H21ClN2O2. The number of carbonyl (C=O) groups excluding carboxylic acids is 1. The predicted molar refractivity (Wildman–Crippen MR) is 81.2 cm³/mol. The Balaban J connectivity index is 2.94. The number of rotatable bonds is 8. The summed E-state index contributed by atoms with van der Waals surface area (Å²) in [5.74, 6) is -0.0800. The maximum atomic E-state index is 12.5. The SMILES string of the molecule is C=CCN(CCOC)C(=O)c1cc(Cl)nc(CCC)c1. The molecule has 1 amide bonds. The fourth-order valence-electron chi connectivity index (χ4n) is 1.87. The van der Waals surface area contributed by atoms with Crippen LogP contribution >= 0.6 is 11.6 Å². The summed E-state index contributed by atoms with van der Waals surface area (Å²) >= 11 is 5.99. The Morgan fingerprint density at radius 3 is 2.90 bits per heavy atom. The molecule has 0 bridgehead atoms. The average molecular weight is 297 g/mol. The summed E-state index contributed by atoms with van der Waals surface area (Å²) in [6, 6.07) is 3.41. The fourth-order valence-corrected chi connectivity index (χ4v) is 2.10. The lowest BCUT2D eigenvalue weighted by Gasteiger charge is -2.21. The average Bonchev–Trinajstić information content (AvgIpc) is 2.42. The third-order valence-corrected chi connectivity index (χ3v) is 3.00. The van der Waals surface area contributed by atoms with Crippen LogP contribution in [0.4, 0.5) is 0 Å². The van der Waals surface area contributed by atoms with Crippen molar-refractivity contribution in [2.24, 2.45) is 0 Å². The smallest absolute Gasteiger partial charge is 0.254 e. The van der Waals surface area contributed by atoms with Gasteiger partial charge < -0.3 is 9.64 Å². The molecule has 4 nitrogen and oxygen atoms in total. The van der Waals surface area contributed by atoms with Crippen LogP contribution in [0.25, 0.3) is 0 Å².